The molecule has 0 bridgehead atoms. The topological polar surface area (TPSA) is 34.1 Å². The van der Waals surface area contributed by atoms with E-state index in [2.05, 4.69) is 0 Å². The van der Waals surface area contributed by atoms with Gasteiger partial charge in [-0.3, -0.25) is 9.59 Å². The minimum absolute atomic E-state index is 0.00321. The van der Waals surface area contributed by atoms with Gasteiger partial charge in [0.15, 0.2) is 5.78 Å². The van der Waals surface area contributed by atoms with Crippen molar-refractivity contribution in [1.29, 1.82) is 0 Å². The molecule has 0 spiro atoms. The predicted octanol–water partition coefficient (Wildman–Crippen LogP) is 2.17. The zero-order valence-electron chi connectivity index (χ0n) is 8.00. The van der Waals surface area contributed by atoms with Gasteiger partial charge < -0.3 is 0 Å². The second-order valence-electron chi connectivity index (χ2n) is 4.10. The van der Waals surface area contributed by atoms with Crippen LogP contribution in [0.25, 0.3) is 0 Å². The first-order valence-corrected chi connectivity index (χ1v) is 4.63. The molecular formula is C10H13ClO2. The minimum atomic E-state index is -0.303. The summed E-state index contributed by atoms with van der Waals surface area (Å²) in [5.74, 6) is 0.00892. The number of hydrogen-bond donors (Lipinski definition) is 0. The van der Waals surface area contributed by atoms with Gasteiger partial charge in [-0.2, -0.15) is 0 Å². The molecule has 72 valence electrons. The molecule has 0 amide bonds. The summed E-state index contributed by atoms with van der Waals surface area (Å²) in [4.78, 5) is 21.6. The van der Waals surface area contributed by atoms with Crippen LogP contribution in [0.5, 0.6) is 0 Å². The first-order chi connectivity index (χ1) is 5.87. The van der Waals surface area contributed by atoms with Gasteiger partial charge in [-0.25, -0.2) is 0 Å². The van der Waals surface area contributed by atoms with Crippen LogP contribution in [0.15, 0.2) is 12.2 Å². The van der Waals surface area contributed by atoms with Crippen LogP contribution in [0, 0.1) is 17.3 Å². The number of halogens is 1. The lowest BCUT2D eigenvalue weighted by Gasteiger charge is -1.95. The van der Waals surface area contributed by atoms with Crippen LogP contribution in [-0.2, 0) is 9.59 Å². The third-order valence-corrected chi connectivity index (χ3v) is 2.93. The Morgan fingerprint density at radius 1 is 1.38 bits per heavy atom. The molecule has 0 saturated heterocycles. The van der Waals surface area contributed by atoms with Crippen molar-refractivity contribution in [2.45, 2.75) is 20.8 Å². The van der Waals surface area contributed by atoms with Crippen LogP contribution < -0.4 is 0 Å². The summed E-state index contributed by atoms with van der Waals surface area (Å²) in [5, 5.41) is -0.303. The van der Waals surface area contributed by atoms with Gasteiger partial charge in [0.1, 0.15) is 0 Å². The summed E-state index contributed by atoms with van der Waals surface area (Å²) in [6.45, 7) is 5.45. The Morgan fingerprint density at radius 3 is 2.23 bits per heavy atom. The Morgan fingerprint density at radius 2 is 1.92 bits per heavy atom. The monoisotopic (exact) mass is 200 g/mol. The summed E-state index contributed by atoms with van der Waals surface area (Å²) in [6.07, 6.45) is 3.29. The molecule has 1 saturated carbocycles. The van der Waals surface area contributed by atoms with Crippen molar-refractivity contribution in [3.63, 3.8) is 0 Å². The molecule has 2 nitrogen and oxygen atoms in total. The molecule has 0 aliphatic heterocycles. The standard InChI is InChI=1S/C10H13ClO2/c1-6(12)4-5-7-8(9(11)13)10(7,2)3/h4-5,7-8H,1-3H3/b5-4+/t7-,8-/m0/s1. The van der Waals surface area contributed by atoms with E-state index in [-0.39, 0.29) is 28.3 Å². The SMILES string of the molecule is CC(=O)/C=C/[C@H]1[C@@H](C(=O)Cl)C1(C)C. The Balaban J connectivity index is 2.66. The van der Waals surface area contributed by atoms with Gasteiger partial charge >= 0.3 is 0 Å². The Kier molecular flexibility index (Phi) is 2.62. The molecule has 0 heterocycles. The highest BCUT2D eigenvalue weighted by molar-refractivity contribution is 6.64. The molecular weight excluding hydrogens is 188 g/mol. The van der Waals surface area contributed by atoms with E-state index in [4.69, 9.17) is 11.6 Å². The number of carbonyl (C=O) groups excluding carboxylic acids is 2. The summed E-state index contributed by atoms with van der Waals surface area (Å²) < 4.78 is 0. The highest BCUT2D eigenvalue weighted by atomic mass is 35.5. The van der Waals surface area contributed by atoms with Crippen LogP contribution >= 0.6 is 11.6 Å². The highest BCUT2D eigenvalue weighted by Crippen LogP contribution is 2.59. The fourth-order valence-corrected chi connectivity index (χ4v) is 2.13. The van der Waals surface area contributed by atoms with Crippen molar-refractivity contribution >= 4 is 22.6 Å². The first-order valence-electron chi connectivity index (χ1n) is 4.25. The van der Waals surface area contributed by atoms with E-state index in [1.54, 1.807) is 6.08 Å². The largest absolute Gasteiger partial charge is 0.295 e. The molecule has 0 unspecified atom stereocenters. The van der Waals surface area contributed by atoms with Crippen molar-refractivity contribution in [2.75, 3.05) is 0 Å². The van der Waals surface area contributed by atoms with E-state index in [0.717, 1.165) is 0 Å². The number of carbonyl (C=O) groups is 2. The summed E-state index contributed by atoms with van der Waals surface area (Å²) in [5.41, 5.74) is -0.0786. The smallest absolute Gasteiger partial charge is 0.225 e. The molecule has 1 aliphatic carbocycles. The highest BCUT2D eigenvalue weighted by Gasteiger charge is 2.59. The van der Waals surface area contributed by atoms with E-state index in [1.807, 2.05) is 13.8 Å². The normalized spacial score (nSPS) is 30.5. The van der Waals surface area contributed by atoms with Gasteiger partial charge in [0.25, 0.3) is 0 Å². The van der Waals surface area contributed by atoms with Crippen molar-refractivity contribution < 1.29 is 9.59 Å². The van der Waals surface area contributed by atoms with Gasteiger partial charge in [0, 0.05) is 5.92 Å². The molecule has 1 fully saturated rings. The van der Waals surface area contributed by atoms with Crippen LogP contribution in [0.4, 0.5) is 0 Å². The number of hydrogen-bond acceptors (Lipinski definition) is 2. The van der Waals surface area contributed by atoms with E-state index in [1.165, 1.54) is 13.0 Å². The van der Waals surface area contributed by atoms with Crippen LogP contribution in [0.1, 0.15) is 20.8 Å². The third-order valence-electron chi connectivity index (χ3n) is 2.69. The molecule has 0 aromatic carbocycles. The van der Waals surface area contributed by atoms with Crippen LogP contribution in [0.3, 0.4) is 0 Å². The van der Waals surface area contributed by atoms with E-state index < -0.39 is 0 Å². The van der Waals surface area contributed by atoms with Crippen molar-refractivity contribution in [2.24, 2.45) is 17.3 Å². The van der Waals surface area contributed by atoms with Crippen LogP contribution in [-0.4, -0.2) is 11.0 Å². The molecule has 3 heteroatoms. The Labute approximate surface area is 83.0 Å². The molecule has 0 N–H and O–H groups in total. The molecule has 2 atom stereocenters. The molecule has 1 rings (SSSR count). The maximum absolute atomic E-state index is 10.9. The van der Waals surface area contributed by atoms with E-state index in [0.29, 0.717) is 0 Å². The summed E-state index contributed by atoms with van der Waals surface area (Å²) >= 11 is 5.41. The molecule has 1 aliphatic rings. The van der Waals surface area contributed by atoms with Gasteiger partial charge in [-0.15, -0.1) is 0 Å². The second-order valence-corrected chi connectivity index (χ2v) is 4.47. The third kappa shape index (κ3) is 1.99. The zero-order chi connectivity index (χ0) is 10.2. The lowest BCUT2D eigenvalue weighted by atomic mass is 10.1. The Bertz CT molecular complexity index is 279. The quantitative estimate of drug-likeness (QED) is 0.517. The maximum Gasteiger partial charge on any atom is 0.225 e. The van der Waals surface area contributed by atoms with E-state index >= 15 is 0 Å². The molecule has 0 aromatic heterocycles. The van der Waals surface area contributed by atoms with Gasteiger partial charge in [0.2, 0.25) is 5.24 Å². The fourth-order valence-electron chi connectivity index (χ4n) is 1.71. The number of rotatable bonds is 3. The van der Waals surface area contributed by atoms with Gasteiger partial charge in [0.05, 0.1) is 0 Å². The van der Waals surface area contributed by atoms with Crippen molar-refractivity contribution in [3.8, 4) is 0 Å². The molecule has 13 heavy (non-hydrogen) atoms. The number of allylic oxidation sites excluding steroid dienone is 2. The Hall–Kier alpha value is -0.630. The lowest BCUT2D eigenvalue weighted by molar-refractivity contribution is -0.114. The maximum atomic E-state index is 10.9. The zero-order valence-corrected chi connectivity index (χ0v) is 8.76. The van der Waals surface area contributed by atoms with E-state index in [9.17, 15) is 9.59 Å². The number of ketones is 1. The summed E-state index contributed by atoms with van der Waals surface area (Å²) in [6, 6.07) is 0. The predicted molar refractivity (Wildman–Crippen MR) is 51.4 cm³/mol. The second kappa shape index (κ2) is 3.26. The fraction of sp³-hybridized carbons (Fsp3) is 0.600. The average Bonchev–Trinajstić information content (AvgIpc) is 2.48. The molecule has 0 radical (unpaired) electrons. The first kappa shape index (κ1) is 10.5. The van der Waals surface area contributed by atoms with Gasteiger partial charge in [-0.1, -0.05) is 19.9 Å². The molecule has 0 aromatic rings. The minimum Gasteiger partial charge on any atom is -0.295 e. The van der Waals surface area contributed by atoms with Crippen molar-refractivity contribution in [1.82, 2.24) is 0 Å². The lowest BCUT2D eigenvalue weighted by Crippen LogP contribution is -1.96. The summed E-state index contributed by atoms with van der Waals surface area (Å²) in [7, 11) is 0. The van der Waals surface area contributed by atoms with Gasteiger partial charge in [-0.05, 0) is 35.9 Å². The van der Waals surface area contributed by atoms with Crippen LogP contribution in [0.2, 0.25) is 0 Å². The average molecular weight is 201 g/mol. The van der Waals surface area contributed by atoms with Crippen molar-refractivity contribution in [3.05, 3.63) is 12.2 Å².